The van der Waals surface area contributed by atoms with Gasteiger partial charge in [0.15, 0.2) is 0 Å². The zero-order valence-corrected chi connectivity index (χ0v) is 15.5. The molecule has 1 fully saturated rings. The Morgan fingerprint density at radius 3 is 2.73 bits per heavy atom. The number of carbonyl (C=O) groups is 1. The van der Waals surface area contributed by atoms with Crippen LogP contribution < -0.4 is 4.74 Å². The normalized spacial score (nSPS) is 17.7. The molecule has 5 heteroatoms. The Kier molecular flexibility index (Phi) is 4.98. The SMILES string of the molecule is Cn1ccc(CC(=O)N2CCOc3ccc(CN4CCCC4)cc3C2)c1. The topological polar surface area (TPSA) is 37.7 Å². The predicted molar refractivity (Wildman–Crippen MR) is 101 cm³/mol. The van der Waals surface area contributed by atoms with Gasteiger partial charge >= 0.3 is 0 Å². The van der Waals surface area contributed by atoms with E-state index in [4.69, 9.17) is 4.74 Å². The van der Waals surface area contributed by atoms with Gasteiger partial charge in [-0.2, -0.15) is 0 Å². The maximum Gasteiger partial charge on any atom is 0.227 e. The largest absolute Gasteiger partial charge is 0.491 e. The quantitative estimate of drug-likeness (QED) is 0.848. The number of hydrogen-bond donors (Lipinski definition) is 0. The lowest BCUT2D eigenvalue weighted by Crippen LogP contribution is -2.33. The maximum absolute atomic E-state index is 12.8. The van der Waals surface area contributed by atoms with Crippen molar-refractivity contribution in [2.75, 3.05) is 26.2 Å². The molecule has 3 heterocycles. The highest BCUT2D eigenvalue weighted by molar-refractivity contribution is 5.79. The van der Waals surface area contributed by atoms with Gasteiger partial charge in [0.25, 0.3) is 0 Å². The summed E-state index contributed by atoms with van der Waals surface area (Å²) in [4.78, 5) is 17.2. The van der Waals surface area contributed by atoms with E-state index < -0.39 is 0 Å². The minimum absolute atomic E-state index is 0.164. The molecule has 1 amide bonds. The van der Waals surface area contributed by atoms with Crippen LogP contribution in [0.3, 0.4) is 0 Å². The number of hydrogen-bond acceptors (Lipinski definition) is 3. The Morgan fingerprint density at radius 2 is 1.96 bits per heavy atom. The van der Waals surface area contributed by atoms with Crippen LogP contribution in [0.2, 0.25) is 0 Å². The van der Waals surface area contributed by atoms with E-state index in [1.807, 2.05) is 35.0 Å². The first-order chi connectivity index (χ1) is 12.7. The Bertz CT molecular complexity index is 777. The van der Waals surface area contributed by atoms with E-state index in [1.54, 1.807) is 0 Å². The van der Waals surface area contributed by atoms with Crippen molar-refractivity contribution < 1.29 is 9.53 Å². The molecule has 0 unspecified atom stereocenters. The van der Waals surface area contributed by atoms with E-state index in [2.05, 4.69) is 23.1 Å². The van der Waals surface area contributed by atoms with Gasteiger partial charge in [-0.05, 0) is 55.3 Å². The summed E-state index contributed by atoms with van der Waals surface area (Å²) in [5, 5.41) is 0. The monoisotopic (exact) mass is 353 g/mol. The van der Waals surface area contributed by atoms with Crippen LogP contribution in [0, 0.1) is 0 Å². The molecule has 0 spiro atoms. The first-order valence-electron chi connectivity index (χ1n) is 9.53. The van der Waals surface area contributed by atoms with E-state index >= 15 is 0 Å². The first-order valence-corrected chi connectivity index (χ1v) is 9.53. The molecule has 0 bridgehead atoms. The smallest absolute Gasteiger partial charge is 0.227 e. The second kappa shape index (κ2) is 7.54. The molecular formula is C21H27N3O2. The van der Waals surface area contributed by atoms with Crippen LogP contribution in [0.1, 0.15) is 29.5 Å². The van der Waals surface area contributed by atoms with Crippen molar-refractivity contribution in [2.45, 2.75) is 32.4 Å². The van der Waals surface area contributed by atoms with Crippen LogP contribution in [0.4, 0.5) is 0 Å². The van der Waals surface area contributed by atoms with Gasteiger partial charge in [0.1, 0.15) is 12.4 Å². The number of carbonyl (C=O) groups excluding carboxylic acids is 1. The van der Waals surface area contributed by atoms with Crippen molar-refractivity contribution in [3.63, 3.8) is 0 Å². The second-order valence-corrected chi connectivity index (χ2v) is 7.45. The van der Waals surface area contributed by atoms with Crippen LogP contribution in [-0.4, -0.2) is 46.5 Å². The third-order valence-electron chi connectivity index (χ3n) is 5.31. The van der Waals surface area contributed by atoms with E-state index in [9.17, 15) is 4.79 Å². The summed E-state index contributed by atoms with van der Waals surface area (Å²) in [7, 11) is 1.98. The van der Waals surface area contributed by atoms with E-state index in [1.165, 1.54) is 31.5 Å². The van der Waals surface area contributed by atoms with Gasteiger partial charge < -0.3 is 14.2 Å². The molecular weight excluding hydrogens is 326 g/mol. The lowest BCUT2D eigenvalue weighted by atomic mass is 10.1. The number of rotatable bonds is 4. The Morgan fingerprint density at radius 1 is 1.12 bits per heavy atom. The van der Waals surface area contributed by atoms with Crippen LogP contribution in [0.25, 0.3) is 0 Å². The molecule has 2 aliphatic rings. The number of fused-ring (bicyclic) bond motifs is 1. The maximum atomic E-state index is 12.8. The van der Waals surface area contributed by atoms with Gasteiger partial charge in [-0.3, -0.25) is 9.69 Å². The Labute approximate surface area is 155 Å². The first kappa shape index (κ1) is 17.2. The molecule has 1 aromatic carbocycles. The van der Waals surface area contributed by atoms with Crippen LogP contribution in [0.15, 0.2) is 36.7 Å². The minimum atomic E-state index is 0.164. The van der Waals surface area contributed by atoms with E-state index in [0.717, 1.165) is 23.4 Å². The highest BCUT2D eigenvalue weighted by Gasteiger charge is 2.21. The standard InChI is InChI=1S/C21H27N3O2/c1-22-9-6-18(14-22)13-21(25)24-10-11-26-20-5-4-17(12-19(20)16-24)15-23-7-2-3-8-23/h4-6,9,12,14H,2-3,7-8,10-11,13,15-16H2,1H3. The number of aryl methyl sites for hydroxylation is 1. The Hall–Kier alpha value is -2.27. The third kappa shape index (κ3) is 3.93. The lowest BCUT2D eigenvalue weighted by molar-refractivity contribution is -0.131. The number of likely N-dealkylation sites (tertiary alicyclic amines) is 1. The molecule has 5 nitrogen and oxygen atoms in total. The summed E-state index contributed by atoms with van der Waals surface area (Å²) in [6, 6.07) is 8.47. The number of nitrogens with zero attached hydrogens (tertiary/aromatic N) is 3. The van der Waals surface area contributed by atoms with Gasteiger partial charge in [-0.25, -0.2) is 0 Å². The average molecular weight is 353 g/mol. The molecule has 0 atom stereocenters. The second-order valence-electron chi connectivity index (χ2n) is 7.45. The zero-order chi connectivity index (χ0) is 17.9. The fourth-order valence-corrected chi connectivity index (χ4v) is 3.91. The highest BCUT2D eigenvalue weighted by atomic mass is 16.5. The molecule has 2 aromatic rings. The zero-order valence-electron chi connectivity index (χ0n) is 15.5. The van der Waals surface area contributed by atoms with Crippen LogP contribution in [0.5, 0.6) is 5.75 Å². The molecule has 1 saturated heterocycles. The van der Waals surface area contributed by atoms with Crippen LogP contribution >= 0.6 is 0 Å². The third-order valence-corrected chi connectivity index (χ3v) is 5.31. The number of ether oxygens (including phenoxy) is 1. The highest BCUT2D eigenvalue weighted by Crippen LogP contribution is 2.26. The van der Waals surface area contributed by atoms with Crippen molar-refractivity contribution in [3.8, 4) is 5.75 Å². The fourth-order valence-electron chi connectivity index (χ4n) is 3.91. The van der Waals surface area contributed by atoms with Crippen molar-refractivity contribution in [1.29, 1.82) is 0 Å². The molecule has 0 N–H and O–H groups in total. The molecule has 0 aliphatic carbocycles. The molecule has 138 valence electrons. The number of amides is 1. The van der Waals surface area contributed by atoms with Crippen LogP contribution in [-0.2, 0) is 31.4 Å². The number of aromatic nitrogens is 1. The van der Waals surface area contributed by atoms with Gasteiger partial charge in [-0.1, -0.05) is 6.07 Å². The van der Waals surface area contributed by atoms with Gasteiger partial charge in [0, 0.05) is 38.1 Å². The summed E-state index contributed by atoms with van der Waals surface area (Å²) >= 11 is 0. The molecule has 4 rings (SSSR count). The molecule has 0 radical (unpaired) electrons. The molecule has 0 saturated carbocycles. The van der Waals surface area contributed by atoms with E-state index in [0.29, 0.717) is 26.1 Å². The summed E-state index contributed by atoms with van der Waals surface area (Å²) in [5.74, 6) is 1.09. The van der Waals surface area contributed by atoms with Crippen molar-refractivity contribution in [3.05, 3.63) is 53.3 Å². The summed E-state index contributed by atoms with van der Waals surface area (Å²) in [6.45, 7) is 5.20. The van der Waals surface area contributed by atoms with Gasteiger partial charge in [0.2, 0.25) is 5.91 Å². The molecule has 1 aromatic heterocycles. The van der Waals surface area contributed by atoms with Gasteiger partial charge in [-0.15, -0.1) is 0 Å². The summed E-state index contributed by atoms with van der Waals surface area (Å²) < 4.78 is 7.88. The summed E-state index contributed by atoms with van der Waals surface area (Å²) in [6.07, 6.45) is 7.04. The molecule has 2 aliphatic heterocycles. The lowest BCUT2D eigenvalue weighted by Gasteiger charge is -2.20. The predicted octanol–water partition coefficient (Wildman–Crippen LogP) is 2.58. The fraction of sp³-hybridized carbons (Fsp3) is 0.476. The Balaban J connectivity index is 1.46. The van der Waals surface area contributed by atoms with Crippen molar-refractivity contribution in [2.24, 2.45) is 7.05 Å². The van der Waals surface area contributed by atoms with E-state index in [-0.39, 0.29) is 5.91 Å². The molecule has 26 heavy (non-hydrogen) atoms. The van der Waals surface area contributed by atoms with Gasteiger partial charge in [0.05, 0.1) is 13.0 Å². The number of benzene rings is 1. The minimum Gasteiger partial charge on any atom is -0.491 e. The summed E-state index contributed by atoms with van der Waals surface area (Å²) in [5.41, 5.74) is 3.50. The average Bonchev–Trinajstić information content (AvgIpc) is 3.22. The van der Waals surface area contributed by atoms with Crippen molar-refractivity contribution >= 4 is 5.91 Å². The van der Waals surface area contributed by atoms with Crippen molar-refractivity contribution in [1.82, 2.24) is 14.4 Å².